The van der Waals surface area contributed by atoms with Gasteiger partial charge in [0.25, 0.3) is 0 Å². The van der Waals surface area contributed by atoms with Gasteiger partial charge in [0.15, 0.2) is 17.0 Å². The van der Waals surface area contributed by atoms with Crippen LogP contribution in [0.4, 0.5) is 0 Å². The highest BCUT2D eigenvalue weighted by molar-refractivity contribution is 6.05. The van der Waals surface area contributed by atoms with Gasteiger partial charge in [-0.15, -0.1) is 0 Å². The topological polar surface area (TPSA) is 118 Å². The van der Waals surface area contributed by atoms with E-state index in [1.165, 1.54) is 38.5 Å². The summed E-state index contributed by atoms with van der Waals surface area (Å²) in [5.74, 6) is -2.30. The third kappa shape index (κ3) is 4.44. The minimum atomic E-state index is -2.23. The van der Waals surface area contributed by atoms with Crippen molar-refractivity contribution in [2.75, 3.05) is 6.61 Å². The zero-order valence-electron chi connectivity index (χ0n) is 25.0. The molecule has 0 amide bonds. The van der Waals surface area contributed by atoms with Crippen LogP contribution >= 0.6 is 0 Å². The molecule has 10 atom stereocenters. The van der Waals surface area contributed by atoms with Gasteiger partial charge in [-0.3, -0.25) is 4.79 Å². The van der Waals surface area contributed by atoms with Crippen LogP contribution in [0.1, 0.15) is 85.5 Å². The van der Waals surface area contributed by atoms with E-state index in [0.717, 1.165) is 18.4 Å². The van der Waals surface area contributed by atoms with Gasteiger partial charge in [0.1, 0.15) is 29.5 Å². The third-order valence-electron chi connectivity index (χ3n) is 10.6. The molecule has 0 aromatic rings. The highest BCUT2D eigenvalue weighted by atomic mass is 17.2. The first kappa shape index (κ1) is 30.6. The Labute approximate surface area is 244 Å². The van der Waals surface area contributed by atoms with Crippen LogP contribution in [-0.4, -0.2) is 68.4 Å². The van der Waals surface area contributed by atoms with Gasteiger partial charge in [0.05, 0.1) is 18.8 Å². The summed E-state index contributed by atoms with van der Waals surface area (Å²) in [7, 11) is 0. The van der Waals surface area contributed by atoms with Crippen LogP contribution in [0.3, 0.4) is 0 Å². The maximum absolute atomic E-state index is 13.4. The average molecular weight is 573 g/mol. The molecule has 8 nitrogen and oxygen atoms in total. The lowest BCUT2D eigenvalue weighted by Gasteiger charge is -2.64. The number of hydrogen-bond donors (Lipinski definition) is 3. The van der Waals surface area contributed by atoms with Gasteiger partial charge in [-0.25, -0.2) is 9.78 Å². The number of carbonyl (C=O) groups is 1. The summed E-state index contributed by atoms with van der Waals surface area (Å²) in [5.41, 5.74) is -4.96. The number of ether oxygens (including phenoxy) is 2. The van der Waals surface area contributed by atoms with Crippen LogP contribution in [0.25, 0.3) is 0 Å². The van der Waals surface area contributed by atoms with E-state index < -0.39 is 64.9 Å². The number of rotatable bonds is 13. The lowest BCUT2D eigenvalue weighted by Crippen LogP contribution is -2.76. The molecular formula is C33H48O8. The number of unbranched alkanes of at least 4 members (excludes halogenated alkanes) is 7. The van der Waals surface area contributed by atoms with E-state index in [0.29, 0.717) is 12.0 Å². The number of allylic oxidation sites excluding steroid dienone is 3. The number of aliphatic hydroxyl groups excluding tert-OH is 2. The molecule has 1 unspecified atom stereocenters. The molecule has 1 spiro atoms. The summed E-state index contributed by atoms with van der Waals surface area (Å²) < 4.78 is 12.5. The summed E-state index contributed by atoms with van der Waals surface area (Å²) in [6, 6.07) is 0. The second-order valence-corrected chi connectivity index (χ2v) is 13.1. The van der Waals surface area contributed by atoms with E-state index in [-0.39, 0.29) is 5.92 Å². The predicted octanol–water partition coefficient (Wildman–Crippen LogP) is 4.63. The van der Waals surface area contributed by atoms with Crippen molar-refractivity contribution in [3.8, 4) is 0 Å². The van der Waals surface area contributed by atoms with Gasteiger partial charge in [0.2, 0.25) is 0 Å². The molecule has 3 heterocycles. The van der Waals surface area contributed by atoms with Gasteiger partial charge in [0, 0.05) is 5.92 Å². The van der Waals surface area contributed by atoms with E-state index in [9.17, 15) is 20.1 Å². The number of fused-ring (bicyclic) bond motifs is 4. The minimum absolute atomic E-state index is 0.221. The molecule has 0 radical (unpaired) electrons. The first-order valence-corrected chi connectivity index (χ1v) is 15.5. The van der Waals surface area contributed by atoms with Crippen molar-refractivity contribution in [2.24, 2.45) is 17.8 Å². The fourth-order valence-corrected chi connectivity index (χ4v) is 8.23. The molecule has 3 N–H and O–H groups in total. The van der Waals surface area contributed by atoms with Crippen LogP contribution in [0, 0.1) is 17.8 Å². The first-order valence-electron chi connectivity index (χ1n) is 15.5. The predicted molar refractivity (Wildman–Crippen MR) is 153 cm³/mol. The van der Waals surface area contributed by atoms with Crippen molar-refractivity contribution in [3.63, 3.8) is 0 Å². The summed E-state index contributed by atoms with van der Waals surface area (Å²) in [4.78, 5) is 25.8. The molecule has 3 saturated heterocycles. The van der Waals surface area contributed by atoms with Crippen molar-refractivity contribution in [2.45, 2.75) is 126 Å². The normalized spacial score (nSPS) is 44.5. The number of epoxide rings is 1. The lowest BCUT2D eigenvalue weighted by atomic mass is 9.53. The van der Waals surface area contributed by atoms with Crippen LogP contribution in [0.15, 0.2) is 48.3 Å². The zero-order valence-corrected chi connectivity index (χ0v) is 25.0. The molecule has 6 aliphatic rings. The Kier molecular flexibility index (Phi) is 8.49. The molecule has 5 fully saturated rings. The van der Waals surface area contributed by atoms with Gasteiger partial charge >= 0.3 is 0 Å². The molecule has 0 aromatic heterocycles. The van der Waals surface area contributed by atoms with Crippen molar-refractivity contribution in [1.29, 1.82) is 0 Å². The van der Waals surface area contributed by atoms with Gasteiger partial charge in [-0.05, 0) is 56.3 Å². The standard InChI is InChI=1S/C33H48O8/c1-6-7-8-9-10-11-12-13-14-15-16-17-38-27-25-28-31(20-34,39-28)29(36)32(37)24(18-22(4)26(32)35)33(25)23(5)19-30(27,21(2)3)40-41-33/h14-18,23-25,27-29,34,36-37H,2,6-13,19-20H2,1,3-5H3/b15-14+,17-16+/t23-,24-,25-,27-,28+,29-,30?,31+,32-,33+/m1/s1. The number of ketones is 1. The van der Waals surface area contributed by atoms with Gasteiger partial charge in [-0.1, -0.05) is 77.2 Å². The van der Waals surface area contributed by atoms with Gasteiger partial charge in [-0.2, -0.15) is 0 Å². The molecule has 6 rings (SSSR count). The lowest BCUT2D eigenvalue weighted by molar-refractivity contribution is -0.514. The van der Waals surface area contributed by atoms with E-state index >= 15 is 0 Å². The number of carbonyl (C=O) groups excluding carboxylic acids is 1. The summed E-state index contributed by atoms with van der Waals surface area (Å²) >= 11 is 0. The highest BCUT2D eigenvalue weighted by Crippen LogP contribution is 2.69. The smallest absolute Gasteiger partial charge is 0.193 e. The number of Topliss-reactive ketones (excluding diaryl/α,β-unsaturated/α-hetero) is 1. The SMILES string of the molecule is C=C(C)C12C[C@@H](C)[C@@]3(OO1)[C@H]([C@H]2O/C=C/C=C/CCCCCCCCC)[C@@H]1O[C@]1(CO)[C@@H](O)[C@]1(O)C(=O)C(C)=C[C@H]13. The molecule has 2 saturated carbocycles. The molecule has 8 heteroatoms. The maximum atomic E-state index is 13.4. The van der Waals surface area contributed by atoms with Crippen LogP contribution in [0.2, 0.25) is 0 Å². The Hall–Kier alpha value is -1.81. The van der Waals surface area contributed by atoms with Crippen molar-refractivity contribution < 1.29 is 39.4 Å². The Morgan fingerprint density at radius 1 is 1.17 bits per heavy atom. The zero-order chi connectivity index (χ0) is 29.6. The molecule has 41 heavy (non-hydrogen) atoms. The summed E-state index contributed by atoms with van der Waals surface area (Å²) in [5, 5.41) is 33.9. The Morgan fingerprint density at radius 2 is 1.88 bits per heavy atom. The quantitative estimate of drug-likeness (QED) is 0.0730. The van der Waals surface area contributed by atoms with Crippen molar-refractivity contribution in [1.82, 2.24) is 0 Å². The van der Waals surface area contributed by atoms with E-state index in [2.05, 4.69) is 19.6 Å². The first-order chi connectivity index (χ1) is 19.6. The third-order valence-corrected chi connectivity index (χ3v) is 10.6. The van der Waals surface area contributed by atoms with Crippen LogP contribution in [-0.2, 0) is 24.0 Å². The Balaban J connectivity index is 1.39. The fourth-order valence-electron chi connectivity index (χ4n) is 8.23. The second kappa shape index (κ2) is 11.4. The van der Waals surface area contributed by atoms with Crippen LogP contribution < -0.4 is 0 Å². The van der Waals surface area contributed by atoms with E-state index in [1.807, 2.05) is 26.0 Å². The van der Waals surface area contributed by atoms with E-state index in [4.69, 9.17) is 19.2 Å². The summed E-state index contributed by atoms with van der Waals surface area (Å²) in [6.07, 6.45) is 16.6. The molecule has 3 aliphatic heterocycles. The maximum Gasteiger partial charge on any atom is 0.193 e. The molecule has 228 valence electrons. The minimum Gasteiger partial charge on any atom is -0.494 e. The second-order valence-electron chi connectivity index (χ2n) is 13.1. The fraction of sp³-hybridized carbons (Fsp3) is 0.727. The molecule has 2 bridgehead atoms. The highest BCUT2D eigenvalue weighted by Gasteiger charge is 2.86. The average Bonchev–Trinajstić information content (AvgIpc) is 3.65. The number of aliphatic hydroxyl groups is 3. The monoisotopic (exact) mass is 572 g/mol. The summed E-state index contributed by atoms with van der Waals surface area (Å²) in [6.45, 7) is 11.4. The largest absolute Gasteiger partial charge is 0.494 e. The van der Waals surface area contributed by atoms with E-state index in [1.54, 1.807) is 19.3 Å². The van der Waals surface area contributed by atoms with Crippen molar-refractivity contribution in [3.05, 3.63) is 48.3 Å². The number of hydrogen-bond acceptors (Lipinski definition) is 8. The Morgan fingerprint density at radius 3 is 2.54 bits per heavy atom. The van der Waals surface area contributed by atoms with Crippen LogP contribution in [0.5, 0.6) is 0 Å². The Bertz CT molecular complexity index is 1110. The molecule has 0 aromatic carbocycles. The molecular weight excluding hydrogens is 524 g/mol. The molecule has 3 aliphatic carbocycles. The van der Waals surface area contributed by atoms with Crippen molar-refractivity contribution >= 4 is 5.78 Å². The van der Waals surface area contributed by atoms with Gasteiger partial charge < -0.3 is 24.8 Å².